The Kier molecular flexibility index (Phi) is 4.84. The Morgan fingerprint density at radius 2 is 2.08 bits per heavy atom. The lowest BCUT2D eigenvalue weighted by Gasteiger charge is -2.25. The molecule has 2 aliphatic carbocycles. The first-order valence-corrected chi connectivity index (χ1v) is 8.45. The SMILES string of the molecule is CCOC(=O)CC1Cc2ccc(C(=O)O)cc2CC2CC=CC=C21. The monoisotopic (exact) mass is 326 g/mol. The van der Waals surface area contributed by atoms with E-state index in [9.17, 15) is 14.7 Å². The molecule has 0 saturated heterocycles. The molecule has 1 aromatic carbocycles. The topological polar surface area (TPSA) is 63.6 Å². The fourth-order valence-electron chi connectivity index (χ4n) is 3.77. The van der Waals surface area contributed by atoms with Crippen molar-refractivity contribution in [2.75, 3.05) is 6.61 Å². The van der Waals surface area contributed by atoms with Gasteiger partial charge in [-0.3, -0.25) is 4.79 Å². The second-order valence-electron chi connectivity index (χ2n) is 6.43. The predicted octanol–water partition coefficient (Wildman–Crippen LogP) is 3.56. The van der Waals surface area contributed by atoms with Gasteiger partial charge in [0.05, 0.1) is 18.6 Å². The number of carboxylic acid groups (broad SMARTS) is 1. The fourth-order valence-corrected chi connectivity index (χ4v) is 3.77. The van der Waals surface area contributed by atoms with E-state index < -0.39 is 5.97 Å². The summed E-state index contributed by atoms with van der Waals surface area (Å²) in [6.45, 7) is 2.21. The number of ether oxygens (including phenoxy) is 1. The summed E-state index contributed by atoms with van der Waals surface area (Å²) >= 11 is 0. The first-order valence-electron chi connectivity index (χ1n) is 8.45. The Bertz CT molecular complexity index is 714. The molecule has 3 rings (SSSR count). The molecule has 0 amide bonds. The van der Waals surface area contributed by atoms with Crippen LogP contribution in [-0.2, 0) is 22.4 Å². The zero-order valence-corrected chi connectivity index (χ0v) is 13.8. The van der Waals surface area contributed by atoms with Crippen LogP contribution in [0.3, 0.4) is 0 Å². The van der Waals surface area contributed by atoms with E-state index >= 15 is 0 Å². The van der Waals surface area contributed by atoms with Gasteiger partial charge in [0, 0.05) is 0 Å². The van der Waals surface area contributed by atoms with E-state index in [4.69, 9.17) is 4.74 Å². The van der Waals surface area contributed by atoms with Crippen molar-refractivity contribution in [3.05, 3.63) is 58.7 Å². The highest BCUT2D eigenvalue weighted by atomic mass is 16.5. The molecule has 0 heterocycles. The molecule has 0 fully saturated rings. The van der Waals surface area contributed by atoms with Crippen LogP contribution in [0.5, 0.6) is 0 Å². The predicted molar refractivity (Wildman–Crippen MR) is 90.9 cm³/mol. The van der Waals surface area contributed by atoms with Gasteiger partial charge in [0.15, 0.2) is 0 Å². The van der Waals surface area contributed by atoms with Gasteiger partial charge in [-0.15, -0.1) is 0 Å². The van der Waals surface area contributed by atoms with Crippen LogP contribution in [0.1, 0.15) is 41.3 Å². The van der Waals surface area contributed by atoms with E-state index in [0.29, 0.717) is 24.5 Å². The van der Waals surface area contributed by atoms with Crippen LogP contribution in [0.4, 0.5) is 0 Å². The standard InChI is InChI=1S/C20H22O4/c1-2-24-19(21)12-17-9-13-7-8-15(20(22)23)11-16(13)10-14-5-3-4-6-18(14)17/h3-4,6-8,11,14,17H,2,5,9-10,12H2,1H3,(H,22,23). The van der Waals surface area contributed by atoms with Crippen molar-refractivity contribution < 1.29 is 19.4 Å². The number of hydrogen-bond acceptors (Lipinski definition) is 3. The molecule has 4 nitrogen and oxygen atoms in total. The highest BCUT2D eigenvalue weighted by Crippen LogP contribution is 2.38. The van der Waals surface area contributed by atoms with Crippen molar-refractivity contribution in [3.8, 4) is 0 Å². The molecule has 0 aliphatic heterocycles. The second-order valence-corrected chi connectivity index (χ2v) is 6.43. The Hall–Kier alpha value is -2.36. The van der Waals surface area contributed by atoms with Gasteiger partial charge in [-0.25, -0.2) is 4.79 Å². The third-order valence-electron chi connectivity index (χ3n) is 4.89. The average molecular weight is 326 g/mol. The summed E-state index contributed by atoms with van der Waals surface area (Å²) in [7, 11) is 0. The van der Waals surface area contributed by atoms with Crippen LogP contribution in [0.25, 0.3) is 0 Å². The van der Waals surface area contributed by atoms with E-state index in [1.807, 2.05) is 13.0 Å². The molecule has 0 aromatic heterocycles. The van der Waals surface area contributed by atoms with Gasteiger partial charge in [-0.2, -0.15) is 0 Å². The third-order valence-corrected chi connectivity index (χ3v) is 4.89. The molecule has 0 spiro atoms. The molecular formula is C20H22O4. The lowest BCUT2D eigenvalue weighted by molar-refractivity contribution is -0.143. The molecule has 24 heavy (non-hydrogen) atoms. The van der Waals surface area contributed by atoms with Crippen molar-refractivity contribution in [3.63, 3.8) is 0 Å². The summed E-state index contributed by atoms with van der Waals surface area (Å²) in [6.07, 6.45) is 9.22. The van der Waals surface area contributed by atoms with E-state index in [0.717, 1.165) is 30.4 Å². The maximum atomic E-state index is 12.0. The van der Waals surface area contributed by atoms with Crippen LogP contribution in [0.15, 0.2) is 42.0 Å². The number of esters is 1. The van der Waals surface area contributed by atoms with Gasteiger partial charge < -0.3 is 9.84 Å². The molecule has 0 saturated carbocycles. The molecule has 2 aliphatic rings. The lowest BCUT2D eigenvalue weighted by Crippen LogP contribution is -2.19. The van der Waals surface area contributed by atoms with Crippen LogP contribution in [0.2, 0.25) is 0 Å². The first kappa shape index (κ1) is 16.5. The summed E-state index contributed by atoms with van der Waals surface area (Å²) in [5, 5.41) is 9.24. The van der Waals surface area contributed by atoms with E-state index in [-0.39, 0.29) is 11.9 Å². The minimum absolute atomic E-state index is 0.121. The molecule has 0 bridgehead atoms. The van der Waals surface area contributed by atoms with Crippen LogP contribution in [0, 0.1) is 11.8 Å². The molecule has 1 aromatic rings. The molecule has 0 radical (unpaired) electrons. The highest BCUT2D eigenvalue weighted by molar-refractivity contribution is 5.88. The molecule has 1 N–H and O–H groups in total. The Morgan fingerprint density at radius 1 is 1.25 bits per heavy atom. The van der Waals surface area contributed by atoms with Crippen LogP contribution >= 0.6 is 0 Å². The van der Waals surface area contributed by atoms with E-state index in [1.165, 1.54) is 5.57 Å². The van der Waals surface area contributed by atoms with Gasteiger partial charge in [0.2, 0.25) is 0 Å². The summed E-state index contributed by atoms with van der Waals surface area (Å²) in [4.78, 5) is 23.3. The van der Waals surface area contributed by atoms with E-state index in [2.05, 4.69) is 18.2 Å². The summed E-state index contributed by atoms with van der Waals surface area (Å²) < 4.78 is 5.14. The van der Waals surface area contributed by atoms with Gasteiger partial charge in [-0.1, -0.05) is 29.9 Å². The zero-order chi connectivity index (χ0) is 17.1. The number of benzene rings is 1. The molecule has 4 heteroatoms. The summed E-state index contributed by atoms with van der Waals surface area (Å²) in [5.41, 5.74) is 3.85. The number of carboxylic acids is 1. The first-order chi connectivity index (χ1) is 11.6. The van der Waals surface area contributed by atoms with Crippen LogP contribution < -0.4 is 0 Å². The Labute approximate surface area is 141 Å². The zero-order valence-electron chi connectivity index (χ0n) is 13.8. The number of allylic oxidation sites excluding steroid dienone is 4. The number of fused-ring (bicyclic) bond motifs is 2. The van der Waals surface area contributed by atoms with Gasteiger partial charge in [-0.05, 0) is 61.3 Å². The van der Waals surface area contributed by atoms with Crippen molar-refractivity contribution in [1.82, 2.24) is 0 Å². The number of aromatic carboxylic acids is 1. The number of carbonyl (C=O) groups excluding carboxylic acids is 1. The largest absolute Gasteiger partial charge is 0.478 e. The number of rotatable bonds is 4. The Balaban J connectivity index is 1.94. The van der Waals surface area contributed by atoms with Gasteiger partial charge >= 0.3 is 11.9 Å². The second kappa shape index (κ2) is 7.04. The van der Waals surface area contributed by atoms with Crippen molar-refractivity contribution in [1.29, 1.82) is 0 Å². The smallest absolute Gasteiger partial charge is 0.335 e. The highest BCUT2D eigenvalue weighted by Gasteiger charge is 2.30. The van der Waals surface area contributed by atoms with Crippen molar-refractivity contribution in [2.24, 2.45) is 11.8 Å². The normalized spacial score (nSPS) is 22.0. The number of carbonyl (C=O) groups is 2. The van der Waals surface area contributed by atoms with Crippen LogP contribution in [-0.4, -0.2) is 23.7 Å². The number of hydrogen-bond donors (Lipinski definition) is 1. The molecular weight excluding hydrogens is 304 g/mol. The maximum absolute atomic E-state index is 12.0. The summed E-state index contributed by atoms with van der Waals surface area (Å²) in [5.74, 6) is -0.609. The fraction of sp³-hybridized carbons (Fsp3) is 0.400. The van der Waals surface area contributed by atoms with Gasteiger partial charge in [0.1, 0.15) is 0 Å². The Morgan fingerprint density at radius 3 is 2.83 bits per heavy atom. The quantitative estimate of drug-likeness (QED) is 0.859. The molecule has 2 unspecified atom stereocenters. The van der Waals surface area contributed by atoms with Crippen molar-refractivity contribution >= 4 is 11.9 Å². The van der Waals surface area contributed by atoms with Gasteiger partial charge in [0.25, 0.3) is 0 Å². The average Bonchev–Trinajstić information content (AvgIpc) is 2.71. The maximum Gasteiger partial charge on any atom is 0.335 e. The lowest BCUT2D eigenvalue weighted by atomic mass is 9.80. The van der Waals surface area contributed by atoms with Crippen molar-refractivity contribution in [2.45, 2.75) is 32.6 Å². The minimum atomic E-state index is -0.899. The molecule has 126 valence electrons. The third kappa shape index (κ3) is 3.42. The van der Waals surface area contributed by atoms with E-state index in [1.54, 1.807) is 12.1 Å². The minimum Gasteiger partial charge on any atom is -0.478 e. The summed E-state index contributed by atoms with van der Waals surface area (Å²) in [6, 6.07) is 5.35. The molecule has 2 atom stereocenters.